The highest BCUT2D eigenvalue weighted by atomic mass is 16.2. The molecule has 1 rings (SSSR count). The number of carbonyl (C=O) groups is 2. The Kier molecular flexibility index (Phi) is 5.16. The second-order valence-electron chi connectivity index (χ2n) is 3.96. The zero-order chi connectivity index (χ0) is 13.5. The monoisotopic (exact) mass is 253 g/mol. The van der Waals surface area contributed by atoms with Gasteiger partial charge in [-0.1, -0.05) is 6.92 Å². The lowest BCUT2D eigenvalue weighted by atomic mass is 10.3. The van der Waals surface area contributed by atoms with Crippen LogP contribution in [-0.2, 0) is 11.8 Å². The molecule has 2 amide bonds. The van der Waals surface area contributed by atoms with E-state index in [1.807, 2.05) is 6.92 Å². The van der Waals surface area contributed by atoms with Crippen molar-refractivity contribution in [1.29, 1.82) is 0 Å². The summed E-state index contributed by atoms with van der Waals surface area (Å²) in [6, 6.07) is 0. The minimum absolute atomic E-state index is 0.0776. The van der Waals surface area contributed by atoms with Crippen LogP contribution in [0.5, 0.6) is 0 Å². The first-order valence-electron chi connectivity index (χ1n) is 5.88. The van der Waals surface area contributed by atoms with Crippen molar-refractivity contribution in [2.24, 2.45) is 7.05 Å². The first-order valence-corrected chi connectivity index (χ1v) is 5.88. The van der Waals surface area contributed by atoms with Crippen molar-refractivity contribution in [2.75, 3.05) is 18.8 Å². The number of nitrogens with zero attached hydrogens (tertiary/aromatic N) is 2. The zero-order valence-corrected chi connectivity index (χ0v) is 10.7. The van der Waals surface area contributed by atoms with Gasteiger partial charge in [-0.2, -0.15) is 5.10 Å². The van der Waals surface area contributed by atoms with Crippen molar-refractivity contribution in [1.82, 2.24) is 20.4 Å². The smallest absolute Gasteiger partial charge is 0.273 e. The Morgan fingerprint density at radius 1 is 1.39 bits per heavy atom. The first kappa shape index (κ1) is 14.0. The molecule has 0 aromatic carbocycles. The van der Waals surface area contributed by atoms with E-state index in [9.17, 15) is 9.59 Å². The van der Waals surface area contributed by atoms with E-state index in [0.717, 1.165) is 6.42 Å². The standard InChI is InChI=1S/C11H19N5O2/c1-3-5-13-9(17)4-6-14-11(18)10-8(12)7-16(2)15-10/h7H,3-6,12H2,1-2H3,(H,13,17)(H,14,18). The molecule has 4 N–H and O–H groups in total. The SMILES string of the molecule is CCCNC(=O)CCNC(=O)c1nn(C)cc1N. The molecule has 0 saturated heterocycles. The minimum Gasteiger partial charge on any atom is -0.396 e. The number of nitrogen functional groups attached to an aromatic ring is 1. The summed E-state index contributed by atoms with van der Waals surface area (Å²) >= 11 is 0. The summed E-state index contributed by atoms with van der Waals surface area (Å²) in [6.45, 7) is 2.90. The molecule has 0 saturated carbocycles. The van der Waals surface area contributed by atoms with Crippen LogP contribution in [0.3, 0.4) is 0 Å². The molecule has 1 heterocycles. The van der Waals surface area contributed by atoms with Crippen molar-refractivity contribution >= 4 is 17.5 Å². The molecule has 100 valence electrons. The predicted molar refractivity (Wildman–Crippen MR) is 67.9 cm³/mol. The molecule has 0 bridgehead atoms. The molecule has 0 aliphatic heterocycles. The van der Waals surface area contributed by atoms with Crippen LogP contribution in [0.4, 0.5) is 5.69 Å². The highest BCUT2D eigenvalue weighted by Gasteiger charge is 2.13. The maximum Gasteiger partial charge on any atom is 0.273 e. The lowest BCUT2D eigenvalue weighted by Crippen LogP contribution is -2.31. The largest absolute Gasteiger partial charge is 0.396 e. The number of aromatic nitrogens is 2. The average Bonchev–Trinajstić information content (AvgIpc) is 2.65. The molecule has 7 nitrogen and oxygen atoms in total. The van der Waals surface area contributed by atoms with Crippen LogP contribution < -0.4 is 16.4 Å². The van der Waals surface area contributed by atoms with Crippen molar-refractivity contribution in [3.8, 4) is 0 Å². The third kappa shape index (κ3) is 4.08. The molecule has 0 atom stereocenters. The van der Waals surface area contributed by atoms with E-state index < -0.39 is 0 Å². The number of nitrogens with two attached hydrogens (primary N) is 1. The number of rotatable bonds is 6. The second kappa shape index (κ2) is 6.63. The molecule has 0 aliphatic carbocycles. The molecule has 0 radical (unpaired) electrons. The quantitative estimate of drug-likeness (QED) is 0.644. The Bertz CT molecular complexity index is 427. The topological polar surface area (TPSA) is 102 Å². The Morgan fingerprint density at radius 2 is 2.11 bits per heavy atom. The molecule has 0 spiro atoms. The number of hydrogen-bond donors (Lipinski definition) is 3. The fraction of sp³-hybridized carbons (Fsp3) is 0.545. The van der Waals surface area contributed by atoms with Gasteiger partial charge in [0, 0.05) is 32.8 Å². The first-order chi connectivity index (χ1) is 8.54. The van der Waals surface area contributed by atoms with Gasteiger partial charge in [-0.3, -0.25) is 14.3 Å². The van der Waals surface area contributed by atoms with E-state index in [2.05, 4.69) is 15.7 Å². The minimum atomic E-state index is -0.364. The maximum absolute atomic E-state index is 11.7. The summed E-state index contributed by atoms with van der Waals surface area (Å²) in [5, 5.41) is 9.27. The van der Waals surface area contributed by atoms with Crippen LogP contribution in [-0.4, -0.2) is 34.7 Å². The number of carbonyl (C=O) groups excluding carboxylic acids is 2. The van der Waals surface area contributed by atoms with Gasteiger partial charge in [0.2, 0.25) is 5.91 Å². The maximum atomic E-state index is 11.7. The molecule has 7 heteroatoms. The van der Waals surface area contributed by atoms with Gasteiger partial charge >= 0.3 is 0 Å². The fourth-order valence-electron chi connectivity index (χ4n) is 1.41. The van der Waals surface area contributed by atoms with Gasteiger partial charge in [0.25, 0.3) is 5.91 Å². The van der Waals surface area contributed by atoms with E-state index in [1.54, 1.807) is 13.2 Å². The highest BCUT2D eigenvalue weighted by molar-refractivity contribution is 5.97. The molecule has 0 unspecified atom stereocenters. The Hall–Kier alpha value is -2.05. The molecule has 18 heavy (non-hydrogen) atoms. The van der Waals surface area contributed by atoms with Crippen LogP contribution in [0.1, 0.15) is 30.3 Å². The van der Waals surface area contributed by atoms with Gasteiger partial charge in [-0.15, -0.1) is 0 Å². The number of amides is 2. The Balaban J connectivity index is 2.34. The summed E-state index contributed by atoms with van der Waals surface area (Å²) < 4.78 is 1.47. The third-order valence-corrected chi connectivity index (χ3v) is 2.28. The van der Waals surface area contributed by atoms with Crippen molar-refractivity contribution < 1.29 is 9.59 Å². The zero-order valence-electron chi connectivity index (χ0n) is 10.7. The summed E-state index contributed by atoms with van der Waals surface area (Å²) in [6.07, 6.45) is 2.70. The molecule has 0 fully saturated rings. The van der Waals surface area contributed by atoms with Crippen LogP contribution in [0.15, 0.2) is 6.20 Å². The van der Waals surface area contributed by atoms with Crippen LogP contribution >= 0.6 is 0 Å². The normalized spacial score (nSPS) is 10.1. The summed E-state index contributed by atoms with van der Waals surface area (Å²) in [5.74, 6) is -0.442. The third-order valence-electron chi connectivity index (χ3n) is 2.28. The Morgan fingerprint density at radius 3 is 2.67 bits per heavy atom. The van der Waals surface area contributed by atoms with E-state index in [4.69, 9.17) is 5.73 Å². The summed E-state index contributed by atoms with van der Waals surface area (Å²) in [7, 11) is 1.69. The lowest BCUT2D eigenvalue weighted by Gasteiger charge is -2.04. The van der Waals surface area contributed by atoms with Gasteiger partial charge in [0.15, 0.2) is 5.69 Å². The highest BCUT2D eigenvalue weighted by Crippen LogP contribution is 2.07. The molecule has 0 aliphatic rings. The van der Waals surface area contributed by atoms with Crippen molar-refractivity contribution in [3.63, 3.8) is 0 Å². The lowest BCUT2D eigenvalue weighted by molar-refractivity contribution is -0.120. The van der Waals surface area contributed by atoms with E-state index in [0.29, 0.717) is 12.2 Å². The van der Waals surface area contributed by atoms with Crippen molar-refractivity contribution in [2.45, 2.75) is 19.8 Å². The number of nitrogens with one attached hydrogen (secondary N) is 2. The van der Waals surface area contributed by atoms with E-state index >= 15 is 0 Å². The fourth-order valence-corrected chi connectivity index (χ4v) is 1.41. The van der Waals surface area contributed by atoms with Gasteiger partial charge in [0.05, 0.1) is 5.69 Å². The molecular weight excluding hydrogens is 234 g/mol. The number of hydrogen-bond acceptors (Lipinski definition) is 4. The predicted octanol–water partition coefficient (Wildman–Crippen LogP) is -0.352. The molecule has 1 aromatic heterocycles. The van der Waals surface area contributed by atoms with E-state index in [1.165, 1.54) is 4.68 Å². The van der Waals surface area contributed by atoms with Crippen LogP contribution in [0.2, 0.25) is 0 Å². The number of anilines is 1. The van der Waals surface area contributed by atoms with Gasteiger partial charge < -0.3 is 16.4 Å². The van der Waals surface area contributed by atoms with Gasteiger partial charge in [0.1, 0.15) is 0 Å². The molecule has 1 aromatic rings. The molecular formula is C11H19N5O2. The van der Waals surface area contributed by atoms with Crippen LogP contribution in [0, 0.1) is 0 Å². The second-order valence-corrected chi connectivity index (χ2v) is 3.96. The van der Waals surface area contributed by atoms with E-state index in [-0.39, 0.29) is 30.5 Å². The number of aryl methyl sites for hydroxylation is 1. The van der Waals surface area contributed by atoms with Crippen LogP contribution in [0.25, 0.3) is 0 Å². The average molecular weight is 253 g/mol. The summed E-state index contributed by atoms with van der Waals surface area (Å²) in [5.41, 5.74) is 6.13. The van der Waals surface area contributed by atoms with Crippen molar-refractivity contribution in [3.05, 3.63) is 11.9 Å². The Labute approximate surface area is 106 Å². The van der Waals surface area contributed by atoms with Gasteiger partial charge in [-0.05, 0) is 6.42 Å². The van der Waals surface area contributed by atoms with Gasteiger partial charge in [-0.25, -0.2) is 0 Å². The summed E-state index contributed by atoms with van der Waals surface area (Å²) in [4.78, 5) is 23.0.